The summed E-state index contributed by atoms with van der Waals surface area (Å²) in [5, 5.41) is 0.564. The van der Waals surface area contributed by atoms with Crippen molar-refractivity contribution in [2.45, 2.75) is 13.5 Å². The van der Waals surface area contributed by atoms with Crippen molar-refractivity contribution in [2.24, 2.45) is 0 Å². The summed E-state index contributed by atoms with van der Waals surface area (Å²) in [5.74, 6) is -0.862. The molecule has 0 aliphatic rings. The molecule has 0 unspecified atom stereocenters. The Bertz CT molecular complexity index is 1270. The van der Waals surface area contributed by atoms with Crippen molar-refractivity contribution in [3.05, 3.63) is 93.5 Å². The maximum atomic E-state index is 14.3. The Labute approximate surface area is 159 Å². The van der Waals surface area contributed by atoms with E-state index in [1.165, 1.54) is 18.3 Å². The second-order valence-electron chi connectivity index (χ2n) is 6.59. The molecule has 0 aliphatic carbocycles. The van der Waals surface area contributed by atoms with Gasteiger partial charge in [0, 0.05) is 28.3 Å². The van der Waals surface area contributed by atoms with Crippen LogP contribution in [0.25, 0.3) is 22.0 Å². The summed E-state index contributed by atoms with van der Waals surface area (Å²) in [6.45, 7) is 1.65. The summed E-state index contributed by atoms with van der Waals surface area (Å²) in [5.41, 5.74) is 1.71. The van der Waals surface area contributed by atoms with E-state index in [4.69, 9.17) is 0 Å². The lowest BCUT2D eigenvalue weighted by atomic mass is 10.0. The molecule has 28 heavy (non-hydrogen) atoms. The van der Waals surface area contributed by atoms with E-state index in [1.807, 2.05) is 0 Å². The number of H-pyrrole nitrogens is 1. The molecule has 6 heteroatoms. The molecule has 0 aliphatic heterocycles. The van der Waals surface area contributed by atoms with Crippen LogP contribution >= 0.6 is 0 Å². The second-order valence-corrected chi connectivity index (χ2v) is 6.59. The van der Waals surface area contributed by atoms with Crippen molar-refractivity contribution in [3.8, 4) is 11.1 Å². The zero-order valence-corrected chi connectivity index (χ0v) is 15.0. The highest BCUT2D eigenvalue weighted by Gasteiger charge is 2.22. The Morgan fingerprint density at radius 1 is 1.07 bits per heavy atom. The highest BCUT2D eigenvalue weighted by atomic mass is 19.1. The molecule has 0 amide bonds. The van der Waals surface area contributed by atoms with E-state index in [1.54, 1.807) is 47.9 Å². The number of rotatable bonds is 4. The molecule has 0 saturated heterocycles. The lowest BCUT2D eigenvalue weighted by Crippen LogP contribution is -2.10. The maximum absolute atomic E-state index is 14.3. The third-order valence-corrected chi connectivity index (χ3v) is 4.87. The van der Waals surface area contributed by atoms with E-state index in [0.717, 1.165) is 0 Å². The number of pyridine rings is 1. The van der Waals surface area contributed by atoms with Gasteiger partial charge >= 0.3 is 0 Å². The van der Waals surface area contributed by atoms with Crippen LogP contribution in [-0.4, -0.2) is 15.8 Å². The Morgan fingerprint density at radius 3 is 2.57 bits per heavy atom. The smallest absolute Gasteiger partial charge is 0.255 e. The molecule has 0 atom stereocenters. The Hall–Kier alpha value is -3.54. The third kappa shape index (κ3) is 2.83. The number of nitrogens with one attached hydrogen (secondary N) is 1. The topological polar surface area (TPSA) is 54.9 Å². The highest BCUT2D eigenvalue weighted by Crippen LogP contribution is 2.35. The Morgan fingerprint density at radius 2 is 1.86 bits per heavy atom. The Balaban J connectivity index is 2.09. The van der Waals surface area contributed by atoms with Gasteiger partial charge in [-0.25, -0.2) is 8.78 Å². The predicted molar refractivity (Wildman–Crippen MR) is 104 cm³/mol. The number of aromatic amines is 1. The van der Waals surface area contributed by atoms with Crippen LogP contribution in [0.5, 0.6) is 0 Å². The highest BCUT2D eigenvalue weighted by molar-refractivity contribution is 6.05. The van der Waals surface area contributed by atoms with Crippen LogP contribution < -0.4 is 5.56 Å². The molecule has 0 bridgehead atoms. The van der Waals surface area contributed by atoms with Crippen LogP contribution in [-0.2, 0) is 6.54 Å². The van der Waals surface area contributed by atoms with Crippen LogP contribution in [0.3, 0.4) is 0 Å². The minimum absolute atomic E-state index is 0.0322. The van der Waals surface area contributed by atoms with E-state index in [2.05, 4.69) is 4.98 Å². The largest absolute Gasteiger partial charge is 0.333 e. The van der Waals surface area contributed by atoms with Crippen molar-refractivity contribution in [1.82, 2.24) is 9.55 Å². The number of aryl methyl sites for hydroxylation is 1. The fourth-order valence-electron chi connectivity index (χ4n) is 3.49. The van der Waals surface area contributed by atoms with Gasteiger partial charge in [0.05, 0.1) is 17.8 Å². The van der Waals surface area contributed by atoms with Crippen molar-refractivity contribution in [3.63, 3.8) is 0 Å². The monoisotopic (exact) mass is 378 g/mol. The fourth-order valence-corrected chi connectivity index (χ4v) is 3.49. The van der Waals surface area contributed by atoms with E-state index in [-0.39, 0.29) is 17.8 Å². The average Bonchev–Trinajstić information content (AvgIpc) is 2.97. The molecule has 4 rings (SSSR count). The number of nitrogens with zero attached hydrogens (tertiary/aromatic N) is 1. The molecule has 2 aromatic carbocycles. The quantitative estimate of drug-likeness (QED) is 0.534. The minimum Gasteiger partial charge on any atom is -0.333 e. The predicted octanol–water partition coefficient (Wildman–Crippen LogP) is 4.44. The second kappa shape index (κ2) is 6.88. The first-order chi connectivity index (χ1) is 13.5. The van der Waals surface area contributed by atoms with Gasteiger partial charge in [0.15, 0.2) is 6.29 Å². The normalized spacial score (nSPS) is 11.1. The maximum Gasteiger partial charge on any atom is 0.255 e. The molecule has 4 nitrogen and oxygen atoms in total. The van der Waals surface area contributed by atoms with E-state index >= 15 is 0 Å². The number of carbonyl (C=O) groups excluding carboxylic acids is 1. The molecular formula is C22H16F2N2O2. The van der Waals surface area contributed by atoms with Gasteiger partial charge in [-0.3, -0.25) is 9.59 Å². The number of hydrogen-bond donors (Lipinski definition) is 1. The summed E-state index contributed by atoms with van der Waals surface area (Å²) in [4.78, 5) is 27.0. The van der Waals surface area contributed by atoms with Gasteiger partial charge in [-0.15, -0.1) is 0 Å². The summed E-state index contributed by atoms with van der Waals surface area (Å²) in [6, 6.07) is 12.4. The number of aldehydes is 1. The van der Waals surface area contributed by atoms with Crippen molar-refractivity contribution in [1.29, 1.82) is 0 Å². The number of aromatic nitrogens is 2. The molecule has 0 spiro atoms. The van der Waals surface area contributed by atoms with E-state index in [9.17, 15) is 18.4 Å². The summed E-state index contributed by atoms with van der Waals surface area (Å²) in [7, 11) is 0. The summed E-state index contributed by atoms with van der Waals surface area (Å²) >= 11 is 0. The SMILES string of the molecule is Cc1cc2c(-c3ccc[nH]c3=O)c(C=O)n(Cc3ccccc3F)c2cc1F. The van der Waals surface area contributed by atoms with Crippen molar-refractivity contribution in [2.75, 3.05) is 0 Å². The molecule has 0 saturated carbocycles. The standard InChI is InChI=1S/C22H16F2N2O2/c1-13-9-16-19(10-18(13)24)26(11-14-5-2-3-7-17(14)23)20(12-27)21(16)15-6-4-8-25-22(15)28/h2-10,12H,11H2,1H3,(H,25,28). The van der Waals surface area contributed by atoms with E-state index in [0.29, 0.717) is 39.4 Å². The van der Waals surface area contributed by atoms with Crippen LogP contribution in [0.15, 0.2) is 59.5 Å². The zero-order valence-electron chi connectivity index (χ0n) is 15.0. The number of fused-ring (bicyclic) bond motifs is 1. The molecule has 140 valence electrons. The van der Waals surface area contributed by atoms with Gasteiger partial charge in [0.25, 0.3) is 5.56 Å². The van der Waals surface area contributed by atoms with Crippen LogP contribution in [0.1, 0.15) is 21.6 Å². The molecule has 2 aromatic heterocycles. The van der Waals surface area contributed by atoms with Crippen LogP contribution in [0.2, 0.25) is 0 Å². The third-order valence-electron chi connectivity index (χ3n) is 4.87. The van der Waals surface area contributed by atoms with Gasteiger partial charge in [-0.2, -0.15) is 0 Å². The van der Waals surface area contributed by atoms with Gasteiger partial charge in [0.1, 0.15) is 11.6 Å². The van der Waals surface area contributed by atoms with Gasteiger partial charge < -0.3 is 9.55 Å². The fraction of sp³-hybridized carbons (Fsp3) is 0.0909. The van der Waals surface area contributed by atoms with Crippen LogP contribution in [0, 0.1) is 18.6 Å². The van der Waals surface area contributed by atoms with Gasteiger partial charge in [-0.05, 0) is 42.8 Å². The summed E-state index contributed by atoms with van der Waals surface area (Å²) < 4.78 is 30.1. The average molecular weight is 378 g/mol. The minimum atomic E-state index is -0.439. The molecule has 0 radical (unpaired) electrons. The lowest BCUT2D eigenvalue weighted by Gasteiger charge is -2.09. The molecule has 4 aromatic rings. The number of halogens is 2. The first kappa shape index (κ1) is 17.9. The molecule has 0 fully saturated rings. The van der Waals surface area contributed by atoms with Crippen molar-refractivity contribution < 1.29 is 13.6 Å². The van der Waals surface area contributed by atoms with Gasteiger partial charge in [-0.1, -0.05) is 18.2 Å². The van der Waals surface area contributed by atoms with E-state index < -0.39 is 11.6 Å². The first-order valence-electron chi connectivity index (χ1n) is 8.70. The molecule has 2 heterocycles. The Kier molecular flexibility index (Phi) is 4.39. The summed E-state index contributed by atoms with van der Waals surface area (Å²) in [6.07, 6.45) is 2.12. The lowest BCUT2D eigenvalue weighted by molar-refractivity contribution is 0.111. The van der Waals surface area contributed by atoms with Crippen molar-refractivity contribution >= 4 is 17.2 Å². The molecule has 1 N–H and O–H groups in total. The van der Waals surface area contributed by atoms with Crippen LogP contribution in [0.4, 0.5) is 8.78 Å². The number of carbonyl (C=O) groups is 1. The number of hydrogen-bond acceptors (Lipinski definition) is 2. The number of benzene rings is 2. The van der Waals surface area contributed by atoms with Gasteiger partial charge in [0.2, 0.25) is 0 Å². The zero-order chi connectivity index (χ0) is 19.8. The first-order valence-corrected chi connectivity index (χ1v) is 8.70. The molecular weight excluding hydrogens is 362 g/mol.